The van der Waals surface area contributed by atoms with Crippen LogP contribution in [0.2, 0.25) is 5.02 Å². The number of methoxy groups -OCH3 is 2. The van der Waals surface area contributed by atoms with Crippen LogP contribution < -0.4 is 9.47 Å². The van der Waals surface area contributed by atoms with E-state index in [2.05, 4.69) is 0 Å². The van der Waals surface area contributed by atoms with Crippen molar-refractivity contribution in [3.8, 4) is 11.5 Å². The molecule has 0 spiro atoms. The van der Waals surface area contributed by atoms with Gasteiger partial charge in [-0.3, -0.25) is 4.79 Å². The van der Waals surface area contributed by atoms with E-state index >= 15 is 0 Å². The van der Waals surface area contributed by atoms with Gasteiger partial charge in [0.05, 0.1) is 24.8 Å². The molecule has 7 nitrogen and oxygen atoms in total. The van der Waals surface area contributed by atoms with Gasteiger partial charge < -0.3 is 14.4 Å². The number of nitrogens with zero attached hydrogens (tertiary/aromatic N) is 2. The molecule has 1 aliphatic rings. The van der Waals surface area contributed by atoms with E-state index in [4.69, 9.17) is 21.1 Å². The summed E-state index contributed by atoms with van der Waals surface area (Å²) in [6.45, 7) is 0.566. The van der Waals surface area contributed by atoms with Crippen molar-refractivity contribution in [2.75, 3.05) is 40.4 Å². The molecule has 2 aromatic carbocycles. The Labute approximate surface area is 173 Å². The summed E-state index contributed by atoms with van der Waals surface area (Å²) >= 11 is 5.97. The van der Waals surface area contributed by atoms with Crippen LogP contribution in [0.3, 0.4) is 0 Å². The highest BCUT2D eigenvalue weighted by Crippen LogP contribution is 2.31. The average Bonchev–Trinajstić information content (AvgIpc) is 2.73. The maximum absolute atomic E-state index is 13.2. The van der Waals surface area contributed by atoms with E-state index in [-0.39, 0.29) is 53.3 Å². The van der Waals surface area contributed by atoms with Gasteiger partial charge in [0.15, 0.2) is 0 Å². The van der Waals surface area contributed by atoms with Crippen LogP contribution in [0.1, 0.15) is 10.4 Å². The molecule has 0 bridgehead atoms. The number of piperazine rings is 1. The molecule has 3 rings (SSSR count). The smallest absolute Gasteiger partial charge is 0.255 e. The average molecular weight is 443 g/mol. The van der Waals surface area contributed by atoms with Crippen LogP contribution in [0.4, 0.5) is 4.39 Å². The second-order valence-electron chi connectivity index (χ2n) is 6.34. The highest BCUT2D eigenvalue weighted by Gasteiger charge is 2.33. The third-order valence-corrected chi connectivity index (χ3v) is 6.91. The van der Waals surface area contributed by atoms with E-state index < -0.39 is 15.8 Å². The molecule has 0 aliphatic carbocycles. The molecule has 0 aromatic heterocycles. The van der Waals surface area contributed by atoms with Crippen LogP contribution in [0.5, 0.6) is 11.5 Å². The van der Waals surface area contributed by atoms with E-state index in [1.807, 2.05) is 0 Å². The molecule has 1 aliphatic heterocycles. The van der Waals surface area contributed by atoms with Crippen molar-refractivity contribution in [1.82, 2.24) is 9.21 Å². The third-order valence-electron chi connectivity index (χ3n) is 4.68. The van der Waals surface area contributed by atoms with Gasteiger partial charge in [-0.15, -0.1) is 0 Å². The quantitative estimate of drug-likeness (QED) is 0.711. The van der Waals surface area contributed by atoms with Gasteiger partial charge in [-0.1, -0.05) is 11.6 Å². The Kier molecular flexibility index (Phi) is 6.30. The number of carbonyl (C=O) groups is 1. The van der Waals surface area contributed by atoms with Gasteiger partial charge in [0, 0.05) is 32.2 Å². The standard InChI is InChI=1S/C19H20ClFN2O5S/c1-27-14-4-6-17(28-2)18(12-14)29(25,26)23-9-7-22(8-10-23)19(24)15-5-3-13(21)11-16(15)20/h3-6,11-12H,7-10H2,1-2H3. The molecule has 10 heteroatoms. The monoisotopic (exact) mass is 442 g/mol. The Morgan fingerprint density at radius 3 is 2.31 bits per heavy atom. The number of hydrogen-bond acceptors (Lipinski definition) is 5. The maximum atomic E-state index is 13.2. The van der Waals surface area contributed by atoms with E-state index in [0.29, 0.717) is 5.75 Å². The lowest BCUT2D eigenvalue weighted by molar-refractivity contribution is 0.0698. The highest BCUT2D eigenvalue weighted by molar-refractivity contribution is 7.89. The van der Waals surface area contributed by atoms with Gasteiger partial charge in [0.2, 0.25) is 10.0 Å². The van der Waals surface area contributed by atoms with Crippen LogP contribution in [0.25, 0.3) is 0 Å². The first-order valence-electron chi connectivity index (χ1n) is 8.74. The van der Waals surface area contributed by atoms with Gasteiger partial charge in [-0.05, 0) is 30.3 Å². The molecule has 1 saturated heterocycles. The molecule has 1 amide bonds. The van der Waals surface area contributed by atoms with Crippen LogP contribution in [-0.2, 0) is 10.0 Å². The first kappa shape index (κ1) is 21.4. The topological polar surface area (TPSA) is 76.2 Å². The van der Waals surface area contributed by atoms with Crippen molar-refractivity contribution in [2.24, 2.45) is 0 Å². The number of ether oxygens (including phenoxy) is 2. The Morgan fingerprint density at radius 2 is 1.72 bits per heavy atom. The zero-order valence-electron chi connectivity index (χ0n) is 15.9. The fraction of sp³-hybridized carbons (Fsp3) is 0.316. The molecule has 2 aromatic rings. The van der Waals surface area contributed by atoms with E-state index in [1.165, 1.54) is 41.6 Å². The van der Waals surface area contributed by atoms with Crippen molar-refractivity contribution in [3.05, 3.63) is 52.8 Å². The molecule has 156 valence electrons. The number of halogens is 2. The lowest BCUT2D eigenvalue weighted by Crippen LogP contribution is -2.50. The van der Waals surface area contributed by atoms with Crippen LogP contribution >= 0.6 is 11.6 Å². The van der Waals surface area contributed by atoms with Gasteiger partial charge in [0.25, 0.3) is 5.91 Å². The molecule has 0 atom stereocenters. The van der Waals surface area contributed by atoms with Gasteiger partial charge >= 0.3 is 0 Å². The van der Waals surface area contributed by atoms with Gasteiger partial charge in [0.1, 0.15) is 22.2 Å². The SMILES string of the molecule is COc1ccc(OC)c(S(=O)(=O)N2CCN(C(=O)c3ccc(F)cc3Cl)CC2)c1. The fourth-order valence-corrected chi connectivity index (χ4v) is 4.93. The van der Waals surface area contributed by atoms with Crippen LogP contribution in [-0.4, -0.2) is 63.9 Å². The number of rotatable bonds is 5. The number of benzene rings is 2. The minimum absolute atomic E-state index is 0.000653. The summed E-state index contributed by atoms with van der Waals surface area (Å²) in [5, 5.41) is 0.0196. The molecule has 0 unspecified atom stereocenters. The fourth-order valence-electron chi connectivity index (χ4n) is 3.09. The molecular formula is C19H20ClFN2O5S. The molecular weight excluding hydrogens is 423 g/mol. The first-order chi connectivity index (χ1) is 13.8. The summed E-state index contributed by atoms with van der Waals surface area (Å²) in [7, 11) is -1.01. The van der Waals surface area contributed by atoms with Gasteiger partial charge in [-0.25, -0.2) is 12.8 Å². The van der Waals surface area contributed by atoms with E-state index in [1.54, 1.807) is 6.07 Å². The molecule has 0 radical (unpaired) electrons. The Bertz CT molecular complexity index is 1020. The predicted octanol–water partition coefficient (Wildman–Crippen LogP) is 2.64. The largest absolute Gasteiger partial charge is 0.497 e. The number of hydrogen-bond donors (Lipinski definition) is 0. The summed E-state index contributed by atoms with van der Waals surface area (Å²) < 4.78 is 51.0. The first-order valence-corrected chi connectivity index (χ1v) is 10.6. The summed E-state index contributed by atoms with van der Waals surface area (Å²) in [6, 6.07) is 8.11. The van der Waals surface area contributed by atoms with Crippen LogP contribution in [0, 0.1) is 5.82 Å². The zero-order valence-corrected chi connectivity index (χ0v) is 17.5. The summed E-state index contributed by atoms with van der Waals surface area (Å²) in [6.07, 6.45) is 0. The van der Waals surface area contributed by atoms with Crippen molar-refractivity contribution in [2.45, 2.75) is 4.90 Å². The lowest BCUT2D eigenvalue weighted by atomic mass is 10.2. The minimum atomic E-state index is -3.85. The minimum Gasteiger partial charge on any atom is -0.497 e. The summed E-state index contributed by atoms with van der Waals surface area (Å²) in [5.41, 5.74) is 0.179. The predicted molar refractivity (Wildman–Crippen MR) is 106 cm³/mol. The normalized spacial score (nSPS) is 15.2. The third kappa shape index (κ3) is 4.31. The molecule has 29 heavy (non-hydrogen) atoms. The Balaban J connectivity index is 1.77. The van der Waals surface area contributed by atoms with Gasteiger partial charge in [-0.2, -0.15) is 4.31 Å². The van der Waals surface area contributed by atoms with Crippen LogP contribution in [0.15, 0.2) is 41.3 Å². The van der Waals surface area contributed by atoms with E-state index in [0.717, 1.165) is 12.1 Å². The Morgan fingerprint density at radius 1 is 1.03 bits per heavy atom. The zero-order chi connectivity index (χ0) is 21.2. The number of carbonyl (C=O) groups excluding carboxylic acids is 1. The second kappa shape index (κ2) is 8.56. The number of sulfonamides is 1. The summed E-state index contributed by atoms with van der Waals surface area (Å²) in [5.74, 6) is -0.299. The van der Waals surface area contributed by atoms with Crippen molar-refractivity contribution >= 4 is 27.5 Å². The molecule has 0 saturated carbocycles. The highest BCUT2D eigenvalue weighted by atomic mass is 35.5. The molecule has 1 heterocycles. The summed E-state index contributed by atoms with van der Waals surface area (Å²) in [4.78, 5) is 14.2. The molecule has 0 N–H and O–H groups in total. The number of amides is 1. The van der Waals surface area contributed by atoms with Crippen molar-refractivity contribution in [1.29, 1.82) is 0 Å². The Hall–Kier alpha value is -2.36. The molecule has 1 fully saturated rings. The van der Waals surface area contributed by atoms with E-state index in [9.17, 15) is 17.6 Å². The van der Waals surface area contributed by atoms with Crippen molar-refractivity contribution < 1.29 is 27.1 Å². The lowest BCUT2D eigenvalue weighted by Gasteiger charge is -2.34. The van der Waals surface area contributed by atoms with Crippen molar-refractivity contribution in [3.63, 3.8) is 0 Å². The second-order valence-corrected chi connectivity index (χ2v) is 8.65. The maximum Gasteiger partial charge on any atom is 0.255 e.